The molecule has 7 heteroatoms. The summed E-state index contributed by atoms with van der Waals surface area (Å²) < 4.78 is 15.6. The number of methoxy groups -OCH3 is 3. The van der Waals surface area contributed by atoms with E-state index in [1.807, 2.05) is 12.1 Å². The molecule has 1 heterocycles. The first-order valence-corrected chi connectivity index (χ1v) is 9.62. The maximum absolute atomic E-state index is 11.7. The van der Waals surface area contributed by atoms with Crippen molar-refractivity contribution in [1.82, 2.24) is 10.2 Å². The molecule has 2 rings (SSSR count). The SMILES string of the molecule is CN=C(NCC(C)(C)c1ccc(OC)c(OC)c1)N1CCC(C(=O)OC)CC1. The van der Waals surface area contributed by atoms with Crippen LogP contribution in [0.3, 0.4) is 0 Å². The molecule has 1 N–H and O–H groups in total. The summed E-state index contributed by atoms with van der Waals surface area (Å²) in [5.74, 6) is 2.18. The van der Waals surface area contributed by atoms with Gasteiger partial charge in [-0.15, -0.1) is 0 Å². The lowest BCUT2D eigenvalue weighted by molar-refractivity contribution is -0.146. The van der Waals surface area contributed by atoms with Gasteiger partial charge < -0.3 is 24.4 Å². The van der Waals surface area contributed by atoms with Gasteiger partial charge in [-0.1, -0.05) is 19.9 Å². The zero-order valence-corrected chi connectivity index (χ0v) is 17.9. The summed E-state index contributed by atoms with van der Waals surface area (Å²) in [6.07, 6.45) is 1.57. The van der Waals surface area contributed by atoms with E-state index >= 15 is 0 Å². The summed E-state index contributed by atoms with van der Waals surface area (Å²) in [6.45, 7) is 6.65. The largest absolute Gasteiger partial charge is 0.493 e. The number of carbonyl (C=O) groups excluding carboxylic acids is 1. The zero-order chi connectivity index (χ0) is 20.7. The summed E-state index contributed by atoms with van der Waals surface area (Å²) in [5.41, 5.74) is 1.01. The molecule has 1 aliphatic heterocycles. The monoisotopic (exact) mass is 391 g/mol. The molecule has 0 aromatic heterocycles. The topological polar surface area (TPSA) is 72.4 Å². The molecule has 1 fully saturated rings. The van der Waals surface area contributed by atoms with Crippen LogP contribution in [0.2, 0.25) is 0 Å². The Hall–Kier alpha value is -2.44. The van der Waals surface area contributed by atoms with Gasteiger partial charge in [0.25, 0.3) is 0 Å². The van der Waals surface area contributed by atoms with Gasteiger partial charge in [0.1, 0.15) is 0 Å². The van der Waals surface area contributed by atoms with E-state index in [-0.39, 0.29) is 17.3 Å². The van der Waals surface area contributed by atoms with E-state index in [1.165, 1.54) is 7.11 Å². The van der Waals surface area contributed by atoms with Gasteiger partial charge in [0.05, 0.1) is 27.2 Å². The molecule has 0 radical (unpaired) electrons. The van der Waals surface area contributed by atoms with E-state index in [0.717, 1.165) is 49.0 Å². The number of nitrogens with one attached hydrogen (secondary N) is 1. The van der Waals surface area contributed by atoms with Gasteiger partial charge in [-0.05, 0) is 30.5 Å². The predicted molar refractivity (Wildman–Crippen MR) is 110 cm³/mol. The van der Waals surface area contributed by atoms with E-state index in [0.29, 0.717) is 6.54 Å². The minimum Gasteiger partial charge on any atom is -0.493 e. The number of esters is 1. The number of aliphatic imine (C=N–C) groups is 1. The molecule has 1 aliphatic rings. The summed E-state index contributed by atoms with van der Waals surface area (Å²) in [7, 11) is 6.52. The van der Waals surface area contributed by atoms with Crippen LogP contribution in [0.5, 0.6) is 11.5 Å². The first-order chi connectivity index (χ1) is 13.4. The highest BCUT2D eigenvalue weighted by Gasteiger charge is 2.28. The van der Waals surface area contributed by atoms with Crippen molar-refractivity contribution in [3.8, 4) is 11.5 Å². The van der Waals surface area contributed by atoms with Gasteiger partial charge in [0, 0.05) is 32.1 Å². The molecular formula is C21H33N3O4. The van der Waals surface area contributed by atoms with E-state index in [2.05, 4.69) is 35.1 Å². The third kappa shape index (κ3) is 5.09. The Kier molecular flexibility index (Phi) is 7.54. The van der Waals surface area contributed by atoms with Crippen molar-refractivity contribution < 1.29 is 19.0 Å². The molecule has 0 spiro atoms. The molecule has 7 nitrogen and oxygen atoms in total. The number of piperidine rings is 1. The van der Waals surface area contributed by atoms with Gasteiger partial charge in [-0.2, -0.15) is 0 Å². The molecule has 0 saturated carbocycles. The number of likely N-dealkylation sites (tertiary alicyclic amines) is 1. The lowest BCUT2D eigenvalue weighted by Gasteiger charge is -2.35. The standard InChI is InChI=1S/C21H33N3O4/c1-21(2,16-7-8-17(26-4)18(13-16)27-5)14-23-20(22-3)24-11-9-15(10-12-24)19(25)28-6/h7-8,13,15H,9-12,14H2,1-6H3,(H,22,23). The van der Waals surface area contributed by atoms with Gasteiger partial charge in [0.2, 0.25) is 0 Å². The average molecular weight is 392 g/mol. The Morgan fingerprint density at radius 3 is 2.36 bits per heavy atom. The number of benzene rings is 1. The molecule has 0 unspecified atom stereocenters. The van der Waals surface area contributed by atoms with Crippen LogP contribution in [0.4, 0.5) is 0 Å². The second kappa shape index (κ2) is 9.66. The van der Waals surface area contributed by atoms with E-state index in [4.69, 9.17) is 14.2 Å². The number of hydrogen-bond donors (Lipinski definition) is 1. The van der Waals surface area contributed by atoms with Crippen molar-refractivity contribution in [2.75, 3.05) is 48.0 Å². The fraction of sp³-hybridized carbons (Fsp3) is 0.619. The van der Waals surface area contributed by atoms with Crippen LogP contribution in [0.25, 0.3) is 0 Å². The summed E-state index contributed by atoms with van der Waals surface area (Å²) in [6, 6.07) is 6.01. The Bertz CT molecular complexity index is 695. The minimum atomic E-state index is -0.139. The molecule has 1 aromatic rings. The summed E-state index contributed by atoms with van der Waals surface area (Å²) >= 11 is 0. The minimum absolute atomic E-state index is 0.0115. The third-order valence-corrected chi connectivity index (χ3v) is 5.39. The molecule has 0 amide bonds. The van der Waals surface area contributed by atoms with Gasteiger partial charge in [0.15, 0.2) is 17.5 Å². The molecule has 0 aliphatic carbocycles. The van der Waals surface area contributed by atoms with Crippen LogP contribution < -0.4 is 14.8 Å². The third-order valence-electron chi connectivity index (χ3n) is 5.39. The highest BCUT2D eigenvalue weighted by atomic mass is 16.5. The molecule has 28 heavy (non-hydrogen) atoms. The van der Waals surface area contributed by atoms with Gasteiger partial charge >= 0.3 is 5.97 Å². The van der Waals surface area contributed by atoms with Crippen LogP contribution in [-0.4, -0.2) is 64.8 Å². The number of guanidine groups is 1. The molecule has 1 aromatic carbocycles. The number of nitrogens with zero attached hydrogens (tertiary/aromatic N) is 2. The molecule has 156 valence electrons. The van der Waals surface area contributed by atoms with Crippen LogP contribution >= 0.6 is 0 Å². The number of rotatable bonds is 6. The lowest BCUT2D eigenvalue weighted by Crippen LogP contribution is -2.49. The maximum atomic E-state index is 11.7. The maximum Gasteiger partial charge on any atom is 0.308 e. The fourth-order valence-corrected chi connectivity index (χ4v) is 3.49. The predicted octanol–water partition coefficient (Wildman–Crippen LogP) is 2.44. The zero-order valence-electron chi connectivity index (χ0n) is 17.9. The van der Waals surface area contributed by atoms with Crippen LogP contribution in [0.1, 0.15) is 32.3 Å². The summed E-state index contributed by atoms with van der Waals surface area (Å²) in [4.78, 5) is 18.3. The smallest absolute Gasteiger partial charge is 0.308 e. The van der Waals surface area contributed by atoms with E-state index in [9.17, 15) is 4.79 Å². The highest BCUT2D eigenvalue weighted by Crippen LogP contribution is 2.33. The fourth-order valence-electron chi connectivity index (χ4n) is 3.49. The van der Waals surface area contributed by atoms with Crippen LogP contribution in [0.15, 0.2) is 23.2 Å². The van der Waals surface area contributed by atoms with Crippen molar-refractivity contribution in [2.24, 2.45) is 10.9 Å². The van der Waals surface area contributed by atoms with E-state index in [1.54, 1.807) is 21.3 Å². The van der Waals surface area contributed by atoms with Crippen LogP contribution in [0, 0.1) is 5.92 Å². The van der Waals surface area contributed by atoms with Crippen molar-refractivity contribution in [3.63, 3.8) is 0 Å². The van der Waals surface area contributed by atoms with Crippen molar-refractivity contribution in [2.45, 2.75) is 32.1 Å². The van der Waals surface area contributed by atoms with Crippen molar-refractivity contribution in [3.05, 3.63) is 23.8 Å². The number of hydrogen-bond acceptors (Lipinski definition) is 5. The lowest BCUT2D eigenvalue weighted by atomic mass is 9.84. The Balaban J connectivity index is 2.00. The number of carbonyl (C=O) groups is 1. The second-order valence-corrected chi connectivity index (χ2v) is 7.64. The average Bonchev–Trinajstić information content (AvgIpc) is 2.73. The van der Waals surface area contributed by atoms with Gasteiger partial charge in [-0.25, -0.2) is 0 Å². The Labute approximate surface area is 168 Å². The number of ether oxygens (including phenoxy) is 3. The Morgan fingerprint density at radius 1 is 1.18 bits per heavy atom. The molecular weight excluding hydrogens is 358 g/mol. The second-order valence-electron chi connectivity index (χ2n) is 7.64. The molecule has 1 saturated heterocycles. The summed E-state index contributed by atoms with van der Waals surface area (Å²) in [5, 5.41) is 3.49. The quantitative estimate of drug-likeness (QED) is 0.456. The van der Waals surface area contributed by atoms with Crippen LogP contribution in [-0.2, 0) is 14.9 Å². The molecule has 0 atom stereocenters. The first-order valence-electron chi connectivity index (χ1n) is 9.62. The first kappa shape index (κ1) is 21.9. The van der Waals surface area contributed by atoms with E-state index < -0.39 is 0 Å². The Morgan fingerprint density at radius 2 is 1.82 bits per heavy atom. The van der Waals surface area contributed by atoms with Gasteiger partial charge in [-0.3, -0.25) is 9.79 Å². The van der Waals surface area contributed by atoms with Crippen molar-refractivity contribution >= 4 is 11.9 Å². The highest BCUT2D eigenvalue weighted by molar-refractivity contribution is 5.80. The normalized spacial score (nSPS) is 15.9. The van der Waals surface area contributed by atoms with Crippen molar-refractivity contribution in [1.29, 1.82) is 0 Å². The molecule has 0 bridgehead atoms.